The zero-order valence-electron chi connectivity index (χ0n) is 17.9. The summed E-state index contributed by atoms with van der Waals surface area (Å²) < 4.78 is 6.68. The Hall–Kier alpha value is -3.11. The Morgan fingerprint density at radius 1 is 0.806 bits per heavy atom. The number of hydrazone groups is 1. The zero-order valence-corrected chi connectivity index (χ0v) is 17.9. The maximum atomic E-state index is 6.68. The van der Waals surface area contributed by atoms with Crippen LogP contribution in [0.3, 0.4) is 0 Å². The van der Waals surface area contributed by atoms with Crippen molar-refractivity contribution in [1.82, 2.24) is 9.91 Å². The average molecular weight is 410 g/mol. The van der Waals surface area contributed by atoms with E-state index in [9.17, 15) is 0 Å². The van der Waals surface area contributed by atoms with E-state index in [0.717, 1.165) is 43.8 Å². The van der Waals surface area contributed by atoms with Gasteiger partial charge >= 0.3 is 0 Å². The minimum atomic E-state index is -0.336. The van der Waals surface area contributed by atoms with Gasteiger partial charge in [0.05, 0.1) is 11.8 Å². The summed E-state index contributed by atoms with van der Waals surface area (Å²) in [5.74, 6) is 1.03. The summed E-state index contributed by atoms with van der Waals surface area (Å²) in [6.07, 6.45) is 2.86. The number of hydrogen-bond acceptors (Lipinski definition) is 4. The van der Waals surface area contributed by atoms with E-state index in [0.29, 0.717) is 0 Å². The molecule has 156 valence electrons. The molecule has 0 saturated carbocycles. The minimum absolute atomic E-state index is 0.247. The van der Waals surface area contributed by atoms with E-state index in [2.05, 4.69) is 95.8 Å². The van der Waals surface area contributed by atoms with Crippen LogP contribution >= 0.6 is 0 Å². The summed E-state index contributed by atoms with van der Waals surface area (Å²) in [6.45, 7) is 2.06. The highest BCUT2D eigenvalue weighted by Gasteiger charge is 2.51. The number of likely N-dealkylation sites (tertiary alicyclic amines) is 1. The fraction of sp³-hybridized carbons (Fsp3) is 0.296. The number of rotatable bonds is 2. The zero-order chi connectivity index (χ0) is 20.8. The van der Waals surface area contributed by atoms with Gasteiger partial charge in [-0.2, -0.15) is 5.10 Å². The molecule has 1 saturated heterocycles. The quantitative estimate of drug-likeness (QED) is 0.573. The average Bonchev–Trinajstić information content (AvgIpc) is 3.29. The van der Waals surface area contributed by atoms with Crippen LogP contribution in [0.1, 0.15) is 36.4 Å². The summed E-state index contributed by atoms with van der Waals surface area (Å²) in [7, 11) is 2.19. The molecular formula is C27H27N3O. The number of para-hydroxylation sites is 1. The summed E-state index contributed by atoms with van der Waals surface area (Å²) in [4.78, 5) is 2.38. The van der Waals surface area contributed by atoms with Crippen LogP contribution in [0.15, 0.2) is 84.0 Å². The van der Waals surface area contributed by atoms with Crippen LogP contribution in [-0.2, 0) is 0 Å². The molecule has 6 rings (SSSR count). The van der Waals surface area contributed by atoms with Crippen LogP contribution in [0, 0.1) is 0 Å². The fourth-order valence-electron chi connectivity index (χ4n) is 5.19. The second kappa shape index (κ2) is 7.24. The van der Waals surface area contributed by atoms with Gasteiger partial charge in [0.25, 0.3) is 0 Å². The van der Waals surface area contributed by atoms with Crippen molar-refractivity contribution in [3.63, 3.8) is 0 Å². The molecule has 1 atom stereocenters. The Bertz CT molecular complexity index is 1110. The van der Waals surface area contributed by atoms with Gasteiger partial charge in [0.1, 0.15) is 5.75 Å². The molecule has 0 radical (unpaired) electrons. The van der Waals surface area contributed by atoms with Gasteiger partial charge in [0, 0.05) is 37.9 Å². The van der Waals surface area contributed by atoms with Crippen LogP contribution in [0.5, 0.6) is 5.75 Å². The summed E-state index contributed by atoms with van der Waals surface area (Å²) in [5.41, 5.74) is 5.76. The van der Waals surface area contributed by atoms with Gasteiger partial charge in [-0.05, 0) is 29.8 Å². The smallest absolute Gasteiger partial charge is 0.200 e. The summed E-state index contributed by atoms with van der Waals surface area (Å²) >= 11 is 0. The molecule has 31 heavy (non-hydrogen) atoms. The lowest BCUT2D eigenvalue weighted by Crippen LogP contribution is -2.58. The molecule has 3 aliphatic heterocycles. The van der Waals surface area contributed by atoms with Gasteiger partial charge in [-0.15, -0.1) is 0 Å². The largest absolute Gasteiger partial charge is 0.466 e. The van der Waals surface area contributed by atoms with Crippen LogP contribution < -0.4 is 4.74 Å². The molecular weight excluding hydrogens is 382 g/mol. The van der Waals surface area contributed by atoms with Gasteiger partial charge in [-0.25, -0.2) is 5.01 Å². The van der Waals surface area contributed by atoms with Crippen LogP contribution in [0.25, 0.3) is 11.1 Å². The van der Waals surface area contributed by atoms with E-state index < -0.39 is 0 Å². The van der Waals surface area contributed by atoms with Crippen molar-refractivity contribution in [3.8, 4) is 16.9 Å². The van der Waals surface area contributed by atoms with Crippen molar-refractivity contribution in [2.75, 3.05) is 20.1 Å². The van der Waals surface area contributed by atoms with E-state index in [4.69, 9.17) is 9.84 Å². The lowest BCUT2D eigenvalue weighted by Gasteiger charge is -2.50. The third kappa shape index (κ3) is 3.14. The number of fused-ring (bicyclic) bond motifs is 4. The molecule has 0 bridgehead atoms. The number of ether oxygens (including phenoxy) is 1. The monoisotopic (exact) mass is 409 g/mol. The van der Waals surface area contributed by atoms with E-state index in [1.165, 1.54) is 22.3 Å². The first-order valence-corrected chi connectivity index (χ1v) is 11.2. The summed E-state index contributed by atoms with van der Waals surface area (Å²) in [5, 5.41) is 7.48. The molecule has 1 spiro atoms. The highest BCUT2D eigenvalue weighted by atomic mass is 16.5. The number of hydrogen-bond donors (Lipinski definition) is 0. The van der Waals surface area contributed by atoms with Crippen molar-refractivity contribution in [2.24, 2.45) is 5.10 Å². The summed E-state index contributed by atoms with van der Waals surface area (Å²) in [6, 6.07) is 28.1. The van der Waals surface area contributed by atoms with Gasteiger partial charge in [-0.1, -0.05) is 72.8 Å². The predicted octanol–water partition coefficient (Wildman–Crippen LogP) is 5.32. The molecule has 4 nitrogen and oxygen atoms in total. The first-order valence-electron chi connectivity index (χ1n) is 11.2. The Kier molecular flexibility index (Phi) is 4.35. The van der Waals surface area contributed by atoms with Crippen LogP contribution in [0.2, 0.25) is 0 Å². The Labute approximate surface area is 183 Å². The molecule has 3 aromatic carbocycles. The van der Waals surface area contributed by atoms with Crippen molar-refractivity contribution < 1.29 is 4.74 Å². The molecule has 0 aliphatic carbocycles. The molecule has 0 N–H and O–H groups in total. The highest BCUT2D eigenvalue weighted by molar-refractivity contribution is 6.02. The van der Waals surface area contributed by atoms with E-state index >= 15 is 0 Å². The molecule has 3 aliphatic rings. The Morgan fingerprint density at radius 3 is 2.23 bits per heavy atom. The van der Waals surface area contributed by atoms with Crippen molar-refractivity contribution in [1.29, 1.82) is 0 Å². The molecule has 0 unspecified atom stereocenters. The molecule has 0 amide bonds. The molecule has 4 heteroatoms. The topological polar surface area (TPSA) is 28.1 Å². The second-order valence-electron chi connectivity index (χ2n) is 8.94. The Balaban J connectivity index is 1.35. The third-order valence-electron chi connectivity index (χ3n) is 7.00. The van der Waals surface area contributed by atoms with Crippen molar-refractivity contribution >= 4 is 5.71 Å². The van der Waals surface area contributed by atoms with Gasteiger partial charge in [0.2, 0.25) is 5.72 Å². The third-order valence-corrected chi connectivity index (χ3v) is 7.00. The number of benzene rings is 3. The molecule has 3 aromatic rings. The van der Waals surface area contributed by atoms with Crippen molar-refractivity contribution in [3.05, 3.63) is 90.0 Å². The number of piperidine rings is 1. The second-order valence-corrected chi connectivity index (χ2v) is 8.94. The first-order chi connectivity index (χ1) is 15.2. The maximum absolute atomic E-state index is 6.68. The lowest BCUT2D eigenvalue weighted by molar-refractivity contribution is -0.147. The SMILES string of the molecule is CN1CCC2(CC1)Oc1ccccc1[C@H]1CC(c3ccc(-c4ccccc4)cc3)=NN12. The minimum Gasteiger partial charge on any atom is -0.466 e. The standard InChI is InChI=1S/C27H27N3O/c1-29-17-15-27(16-18-29)30-25(23-9-5-6-10-26(23)31-27)19-24(28-30)22-13-11-21(12-14-22)20-7-3-2-4-8-20/h2-14,25H,15-19H2,1H3/t25-/m1/s1. The Morgan fingerprint density at radius 2 is 1.45 bits per heavy atom. The van der Waals surface area contributed by atoms with E-state index in [1.54, 1.807) is 0 Å². The number of nitrogens with zero attached hydrogens (tertiary/aromatic N) is 3. The van der Waals surface area contributed by atoms with E-state index in [1.807, 2.05) is 0 Å². The normalized spacial score (nSPS) is 21.9. The first kappa shape index (κ1) is 18.6. The van der Waals surface area contributed by atoms with Gasteiger partial charge in [0.15, 0.2) is 0 Å². The molecule has 1 fully saturated rings. The maximum Gasteiger partial charge on any atom is 0.200 e. The van der Waals surface area contributed by atoms with Gasteiger partial charge < -0.3 is 9.64 Å². The molecule has 0 aromatic heterocycles. The highest BCUT2D eigenvalue weighted by Crippen LogP contribution is 2.49. The van der Waals surface area contributed by atoms with Crippen LogP contribution in [0.4, 0.5) is 0 Å². The fourth-order valence-corrected chi connectivity index (χ4v) is 5.19. The molecule has 3 heterocycles. The van der Waals surface area contributed by atoms with Crippen LogP contribution in [-0.4, -0.2) is 41.5 Å². The lowest BCUT2D eigenvalue weighted by atomic mass is 9.90. The van der Waals surface area contributed by atoms with Gasteiger partial charge in [-0.3, -0.25) is 0 Å². The predicted molar refractivity (Wildman–Crippen MR) is 124 cm³/mol. The van der Waals surface area contributed by atoms with Crippen molar-refractivity contribution in [2.45, 2.75) is 31.0 Å². The van der Waals surface area contributed by atoms with E-state index in [-0.39, 0.29) is 11.8 Å².